The van der Waals surface area contributed by atoms with Crippen molar-refractivity contribution >= 4 is 40.0 Å². The summed E-state index contributed by atoms with van der Waals surface area (Å²) in [5.74, 6) is -0.132. The van der Waals surface area contributed by atoms with Crippen LogP contribution in [0.2, 0.25) is 10.0 Å². The molecule has 1 amide bonds. The fraction of sp³-hybridized carbons (Fsp3) is 0.360. The van der Waals surface area contributed by atoms with Gasteiger partial charge in [-0.05, 0) is 36.6 Å². The number of amides is 1. The molecule has 6 nitrogen and oxygen atoms in total. The zero-order chi connectivity index (χ0) is 22.9. The molecule has 1 unspecified atom stereocenters. The van der Waals surface area contributed by atoms with Crippen LogP contribution in [-0.4, -0.2) is 51.9 Å². The van der Waals surface area contributed by atoms with Crippen LogP contribution < -0.4 is 5.32 Å². The van der Waals surface area contributed by atoms with E-state index in [1.54, 1.807) is 12.1 Å². The number of fused-ring (bicyclic) bond motifs is 3. The maximum absolute atomic E-state index is 13.2. The van der Waals surface area contributed by atoms with Gasteiger partial charge in [0, 0.05) is 40.1 Å². The van der Waals surface area contributed by atoms with Crippen molar-refractivity contribution in [2.24, 2.45) is 0 Å². The van der Waals surface area contributed by atoms with Crippen molar-refractivity contribution in [3.63, 3.8) is 0 Å². The van der Waals surface area contributed by atoms with Crippen molar-refractivity contribution in [3.05, 3.63) is 76.4 Å². The molecule has 2 saturated heterocycles. The van der Waals surface area contributed by atoms with E-state index in [1.807, 2.05) is 41.1 Å². The Morgan fingerprint density at radius 3 is 2.67 bits per heavy atom. The van der Waals surface area contributed by atoms with Gasteiger partial charge in [0.05, 0.1) is 25.3 Å². The molecule has 8 heteroatoms. The van der Waals surface area contributed by atoms with Crippen LogP contribution >= 0.6 is 23.2 Å². The second-order valence-electron chi connectivity index (χ2n) is 8.73. The van der Waals surface area contributed by atoms with E-state index in [1.165, 1.54) is 0 Å². The SMILES string of the molecule is C=CCn1nc(C(=O)NC2C[C@H]3COC[C@@H](C2)N3Cc2ccc(Cl)cc2Cl)c2ccccc21. The molecular weight excluding hydrogens is 459 g/mol. The van der Waals surface area contributed by atoms with Gasteiger partial charge in [0.15, 0.2) is 5.69 Å². The molecule has 2 aliphatic heterocycles. The predicted octanol–water partition coefficient (Wildman–Crippen LogP) is 4.69. The third kappa shape index (κ3) is 4.53. The first-order chi connectivity index (χ1) is 16.0. The highest BCUT2D eigenvalue weighted by Crippen LogP contribution is 2.32. The first-order valence-electron chi connectivity index (χ1n) is 11.2. The number of para-hydroxylation sites is 1. The third-order valence-corrected chi connectivity index (χ3v) is 7.14. The molecule has 3 heterocycles. The lowest BCUT2D eigenvalue weighted by Crippen LogP contribution is -2.60. The molecule has 0 spiro atoms. The minimum atomic E-state index is -0.132. The minimum absolute atomic E-state index is 0.0663. The first kappa shape index (κ1) is 22.4. The number of allylic oxidation sites excluding steroid dienone is 1. The monoisotopic (exact) mass is 484 g/mol. The van der Waals surface area contributed by atoms with Gasteiger partial charge in [-0.2, -0.15) is 5.10 Å². The number of ether oxygens (including phenoxy) is 1. The van der Waals surface area contributed by atoms with E-state index in [0.29, 0.717) is 35.5 Å². The smallest absolute Gasteiger partial charge is 0.272 e. The minimum Gasteiger partial charge on any atom is -0.378 e. The predicted molar refractivity (Wildman–Crippen MR) is 131 cm³/mol. The lowest BCUT2D eigenvalue weighted by molar-refractivity contribution is -0.0843. The molecule has 33 heavy (non-hydrogen) atoms. The number of morpholine rings is 1. The van der Waals surface area contributed by atoms with Crippen LogP contribution in [0.5, 0.6) is 0 Å². The number of aromatic nitrogens is 2. The van der Waals surface area contributed by atoms with Gasteiger partial charge in [-0.25, -0.2) is 0 Å². The van der Waals surface area contributed by atoms with E-state index in [9.17, 15) is 4.79 Å². The van der Waals surface area contributed by atoms with Gasteiger partial charge < -0.3 is 10.1 Å². The van der Waals surface area contributed by atoms with Crippen LogP contribution in [0.1, 0.15) is 28.9 Å². The highest BCUT2D eigenvalue weighted by molar-refractivity contribution is 6.35. The number of nitrogens with one attached hydrogen (secondary N) is 1. The molecule has 2 aromatic carbocycles. The topological polar surface area (TPSA) is 59.4 Å². The Bertz CT molecular complexity index is 1180. The zero-order valence-corrected chi connectivity index (χ0v) is 19.7. The Morgan fingerprint density at radius 2 is 1.94 bits per heavy atom. The van der Waals surface area contributed by atoms with Crippen molar-refractivity contribution in [2.75, 3.05) is 13.2 Å². The van der Waals surface area contributed by atoms with Gasteiger partial charge in [-0.15, -0.1) is 6.58 Å². The van der Waals surface area contributed by atoms with Crippen molar-refractivity contribution in [2.45, 2.75) is 44.1 Å². The summed E-state index contributed by atoms with van der Waals surface area (Å²) in [6.45, 7) is 6.38. The van der Waals surface area contributed by atoms with E-state index in [4.69, 9.17) is 27.9 Å². The lowest BCUT2D eigenvalue weighted by atomic mass is 9.89. The molecule has 2 fully saturated rings. The third-order valence-electron chi connectivity index (χ3n) is 6.55. The summed E-state index contributed by atoms with van der Waals surface area (Å²) < 4.78 is 7.66. The zero-order valence-electron chi connectivity index (χ0n) is 18.2. The largest absolute Gasteiger partial charge is 0.378 e. The van der Waals surface area contributed by atoms with Crippen LogP contribution in [0.25, 0.3) is 10.9 Å². The summed E-state index contributed by atoms with van der Waals surface area (Å²) in [4.78, 5) is 15.7. The molecule has 2 bridgehead atoms. The van der Waals surface area contributed by atoms with Crippen LogP contribution in [0.4, 0.5) is 0 Å². The van der Waals surface area contributed by atoms with Gasteiger partial charge in [0.2, 0.25) is 0 Å². The molecular formula is C25H26Cl2N4O2. The maximum Gasteiger partial charge on any atom is 0.272 e. The summed E-state index contributed by atoms with van der Waals surface area (Å²) in [7, 11) is 0. The molecule has 0 aliphatic carbocycles. The first-order valence-corrected chi connectivity index (χ1v) is 11.9. The van der Waals surface area contributed by atoms with Crippen LogP contribution in [-0.2, 0) is 17.8 Å². The average Bonchev–Trinajstić information content (AvgIpc) is 3.15. The molecule has 1 N–H and O–H groups in total. The number of piperidine rings is 1. The molecule has 1 aromatic heterocycles. The Hall–Kier alpha value is -2.38. The average molecular weight is 485 g/mol. The fourth-order valence-corrected chi connectivity index (χ4v) is 5.49. The second kappa shape index (κ2) is 9.47. The highest BCUT2D eigenvalue weighted by Gasteiger charge is 2.40. The van der Waals surface area contributed by atoms with Gasteiger partial charge in [0.1, 0.15) is 0 Å². The van der Waals surface area contributed by atoms with E-state index in [0.717, 1.165) is 35.9 Å². The van der Waals surface area contributed by atoms with Crippen LogP contribution in [0.15, 0.2) is 55.1 Å². The van der Waals surface area contributed by atoms with E-state index >= 15 is 0 Å². The molecule has 3 atom stereocenters. The molecule has 3 aromatic rings. The number of carbonyl (C=O) groups is 1. The lowest BCUT2D eigenvalue weighted by Gasteiger charge is -2.48. The number of hydrogen-bond acceptors (Lipinski definition) is 4. The molecule has 5 rings (SSSR count). The van der Waals surface area contributed by atoms with Crippen molar-refractivity contribution < 1.29 is 9.53 Å². The van der Waals surface area contributed by atoms with Crippen molar-refractivity contribution in [1.82, 2.24) is 20.0 Å². The van der Waals surface area contributed by atoms with E-state index in [2.05, 4.69) is 21.9 Å². The van der Waals surface area contributed by atoms with Crippen LogP contribution in [0.3, 0.4) is 0 Å². The summed E-state index contributed by atoms with van der Waals surface area (Å²) in [6.07, 6.45) is 3.42. The number of rotatable bonds is 6. The summed E-state index contributed by atoms with van der Waals surface area (Å²) >= 11 is 12.5. The Kier molecular flexibility index (Phi) is 6.43. The number of benzene rings is 2. The van der Waals surface area contributed by atoms with Crippen molar-refractivity contribution in [3.8, 4) is 0 Å². The van der Waals surface area contributed by atoms with E-state index < -0.39 is 0 Å². The normalized spacial score (nSPS) is 22.9. The summed E-state index contributed by atoms with van der Waals surface area (Å²) in [5, 5.41) is 10.00. The van der Waals surface area contributed by atoms with Gasteiger partial charge in [-0.3, -0.25) is 14.4 Å². The van der Waals surface area contributed by atoms with Crippen LogP contribution in [0, 0.1) is 0 Å². The summed E-state index contributed by atoms with van der Waals surface area (Å²) in [6, 6.07) is 13.9. The second-order valence-corrected chi connectivity index (χ2v) is 9.58. The number of carbonyl (C=O) groups excluding carboxylic acids is 1. The van der Waals surface area contributed by atoms with Gasteiger partial charge >= 0.3 is 0 Å². The summed E-state index contributed by atoms with van der Waals surface area (Å²) in [5.41, 5.74) is 2.45. The maximum atomic E-state index is 13.2. The fourth-order valence-electron chi connectivity index (χ4n) is 5.02. The molecule has 2 aliphatic rings. The quantitative estimate of drug-likeness (QED) is 0.515. The van der Waals surface area contributed by atoms with Gasteiger partial charge in [-0.1, -0.05) is 53.5 Å². The molecule has 0 radical (unpaired) electrons. The number of nitrogens with zero attached hydrogens (tertiary/aromatic N) is 3. The standard InChI is InChI=1S/C25H26Cl2N4O2/c1-2-9-31-23-6-4-3-5-21(23)24(29-31)25(32)28-18-11-19-14-33-15-20(12-18)30(19)13-16-7-8-17(26)10-22(16)27/h2-8,10,18-20H,1,9,11-15H2,(H,28,32)/t18?,19-,20+. The molecule has 172 valence electrons. The number of hydrogen-bond donors (Lipinski definition) is 1. The number of halogens is 2. The van der Waals surface area contributed by atoms with Gasteiger partial charge in [0.25, 0.3) is 5.91 Å². The Morgan fingerprint density at radius 1 is 1.18 bits per heavy atom. The van der Waals surface area contributed by atoms with E-state index in [-0.39, 0.29) is 24.0 Å². The highest BCUT2D eigenvalue weighted by atomic mass is 35.5. The Balaban J connectivity index is 1.31. The van der Waals surface area contributed by atoms with Crippen molar-refractivity contribution in [1.29, 1.82) is 0 Å². The molecule has 0 saturated carbocycles. The Labute approximate surface area is 203 Å².